The van der Waals surface area contributed by atoms with E-state index in [1.54, 1.807) is 11.3 Å². The zero-order chi connectivity index (χ0) is 12.4. The second kappa shape index (κ2) is 4.94. The molecule has 18 heavy (non-hydrogen) atoms. The number of benzene rings is 1. The summed E-state index contributed by atoms with van der Waals surface area (Å²) in [7, 11) is 0. The minimum atomic E-state index is 0.761. The average Bonchev–Trinajstić information content (AvgIpc) is 3.04. The van der Waals surface area contributed by atoms with E-state index in [-0.39, 0.29) is 0 Å². The molecule has 0 fully saturated rings. The summed E-state index contributed by atoms with van der Waals surface area (Å²) in [5.74, 6) is 0. The number of aromatic nitrogens is 1. The number of aryl methyl sites for hydroxylation is 2. The standard InChI is InChI=1S/C15H16N2S/c1-2-8-16-15-17-14(10-18-15)13-7-6-11-4-3-5-12(11)9-13/h2,6-7,9-10H,1,3-5,8H2,(H,16,17). The summed E-state index contributed by atoms with van der Waals surface area (Å²) >= 11 is 1.65. The monoisotopic (exact) mass is 256 g/mol. The number of rotatable bonds is 4. The van der Waals surface area contributed by atoms with Gasteiger partial charge in [0.05, 0.1) is 5.69 Å². The van der Waals surface area contributed by atoms with Crippen LogP contribution in [0.2, 0.25) is 0 Å². The third kappa shape index (κ3) is 2.18. The molecule has 0 bridgehead atoms. The summed E-state index contributed by atoms with van der Waals surface area (Å²) in [6.07, 6.45) is 5.59. The summed E-state index contributed by atoms with van der Waals surface area (Å²) in [6.45, 7) is 4.46. The lowest BCUT2D eigenvalue weighted by molar-refractivity contribution is 0.912. The molecular formula is C15H16N2S. The van der Waals surface area contributed by atoms with E-state index in [4.69, 9.17) is 0 Å². The number of thiazole rings is 1. The van der Waals surface area contributed by atoms with Gasteiger partial charge >= 0.3 is 0 Å². The van der Waals surface area contributed by atoms with Crippen molar-refractivity contribution in [1.82, 2.24) is 4.98 Å². The van der Waals surface area contributed by atoms with Gasteiger partial charge in [0.1, 0.15) is 0 Å². The normalized spacial score (nSPS) is 13.3. The lowest BCUT2D eigenvalue weighted by Gasteiger charge is -2.02. The van der Waals surface area contributed by atoms with Crippen molar-refractivity contribution in [3.05, 3.63) is 47.4 Å². The van der Waals surface area contributed by atoms with Crippen molar-refractivity contribution in [3.8, 4) is 11.3 Å². The predicted molar refractivity (Wildman–Crippen MR) is 78.3 cm³/mol. The molecule has 0 saturated carbocycles. The van der Waals surface area contributed by atoms with Crippen LogP contribution in [0.1, 0.15) is 17.5 Å². The number of anilines is 1. The first-order valence-electron chi connectivity index (χ1n) is 6.29. The van der Waals surface area contributed by atoms with E-state index < -0.39 is 0 Å². The summed E-state index contributed by atoms with van der Waals surface area (Å²) in [6, 6.07) is 6.75. The lowest BCUT2D eigenvalue weighted by Crippen LogP contribution is -1.96. The number of fused-ring (bicyclic) bond motifs is 1. The van der Waals surface area contributed by atoms with Gasteiger partial charge in [-0.25, -0.2) is 4.98 Å². The van der Waals surface area contributed by atoms with E-state index in [2.05, 4.69) is 40.5 Å². The molecule has 3 heteroatoms. The van der Waals surface area contributed by atoms with Crippen molar-refractivity contribution in [3.63, 3.8) is 0 Å². The molecule has 1 aliphatic rings. The lowest BCUT2D eigenvalue weighted by atomic mass is 10.1. The molecule has 1 aliphatic carbocycles. The number of hydrogen-bond acceptors (Lipinski definition) is 3. The molecule has 0 radical (unpaired) electrons. The maximum Gasteiger partial charge on any atom is 0.183 e. The van der Waals surface area contributed by atoms with E-state index in [9.17, 15) is 0 Å². The Morgan fingerprint density at radius 2 is 2.22 bits per heavy atom. The Bertz CT molecular complexity index is 572. The molecule has 1 heterocycles. The molecule has 2 aromatic rings. The molecule has 1 aromatic heterocycles. The van der Waals surface area contributed by atoms with Gasteiger partial charge in [0.2, 0.25) is 0 Å². The van der Waals surface area contributed by atoms with Gasteiger partial charge in [-0.3, -0.25) is 0 Å². The number of nitrogens with zero attached hydrogens (tertiary/aromatic N) is 1. The van der Waals surface area contributed by atoms with Crippen molar-refractivity contribution in [2.45, 2.75) is 19.3 Å². The number of hydrogen-bond donors (Lipinski definition) is 1. The minimum absolute atomic E-state index is 0.761. The molecule has 0 aliphatic heterocycles. The van der Waals surface area contributed by atoms with Gasteiger partial charge in [0.25, 0.3) is 0 Å². The van der Waals surface area contributed by atoms with Gasteiger partial charge in [-0.05, 0) is 36.5 Å². The fourth-order valence-corrected chi connectivity index (χ4v) is 3.11. The minimum Gasteiger partial charge on any atom is -0.358 e. The molecular weight excluding hydrogens is 240 g/mol. The van der Waals surface area contributed by atoms with Gasteiger partial charge < -0.3 is 5.32 Å². The van der Waals surface area contributed by atoms with Crippen LogP contribution in [-0.2, 0) is 12.8 Å². The third-order valence-corrected chi connectivity index (χ3v) is 4.10. The van der Waals surface area contributed by atoms with Crippen LogP contribution in [0.5, 0.6) is 0 Å². The molecule has 3 rings (SSSR count). The Labute approximate surface area is 111 Å². The fourth-order valence-electron chi connectivity index (χ4n) is 2.38. The van der Waals surface area contributed by atoms with Gasteiger partial charge in [-0.15, -0.1) is 17.9 Å². The molecule has 0 atom stereocenters. The van der Waals surface area contributed by atoms with Gasteiger partial charge in [0.15, 0.2) is 5.13 Å². The van der Waals surface area contributed by atoms with Crippen molar-refractivity contribution < 1.29 is 0 Å². The topological polar surface area (TPSA) is 24.9 Å². The third-order valence-electron chi connectivity index (χ3n) is 3.30. The Hall–Kier alpha value is -1.61. The SMILES string of the molecule is C=CCNc1nc(-c2ccc3c(c2)CCC3)cs1. The molecule has 0 amide bonds. The second-order valence-electron chi connectivity index (χ2n) is 4.54. The largest absolute Gasteiger partial charge is 0.358 e. The van der Waals surface area contributed by atoms with Gasteiger partial charge in [-0.2, -0.15) is 0 Å². The van der Waals surface area contributed by atoms with Crippen molar-refractivity contribution in [2.75, 3.05) is 11.9 Å². The highest BCUT2D eigenvalue weighted by molar-refractivity contribution is 7.14. The first kappa shape index (κ1) is 11.5. The average molecular weight is 256 g/mol. The maximum atomic E-state index is 4.60. The van der Waals surface area contributed by atoms with Crippen LogP contribution in [0.4, 0.5) is 5.13 Å². The number of nitrogens with one attached hydrogen (secondary N) is 1. The summed E-state index contributed by atoms with van der Waals surface area (Å²) < 4.78 is 0. The van der Waals surface area contributed by atoms with Crippen LogP contribution in [0.15, 0.2) is 36.2 Å². The molecule has 1 aromatic carbocycles. The smallest absolute Gasteiger partial charge is 0.183 e. The van der Waals surface area contributed by atoms with E-state index in [0.717, 1.165) is 17.4 Å². The van der Waals surface area contributed by atoms with Crippen LogP contribution < -0.4 is 5.32 Å². The molecule has 1 N–H and O–H groups in total. The Kier molecular flexibility index (Phi) is 3.15. The van der Waals surface area contributed by atoms with Gasteiger partial charge in [0, 0.05) is 17.5 Å². The fraction of sp³-hybridized carbons (Fsp3) is 0.267. The molecule has 92 valence electrons. The molecule has 0 saturated heterocycles. The summed E-state index contributed by atoms with van der Waals surface area (Å²) in [5.41, 5.74) is 5.32. The van der Waals surface area contributed by atoms with Crippen LogP contribution in [0.3, 0.4) is 0 Å². The molecule has 0 unspecified atom stereocenters. The van der Waals surface area contributed by atoms with Crippen LogP contribution in [0, 0.1) is 0 Å². The second-order valence-corrected chi connectivity index (χ2v) is 5.40. The Morgan fingerprint density at radius 3 is 3.11 bits per heavy atom. The summed E-state index contributed by atoms with van der Waals surface area (Å²) in [4.78, 5) is 4.60. The molecule has 2 nitrogen and oxygen atoms in total. The molecule has 0 spiro atoms. The van der Waals surface area contributed by atoms with E-state index in [1.807, 2.05) is 6.08 Å². The summed E-state index contributed by atoms with van der Waals surface area (Å²) in [5, 5.41) is 6.30. The van der Waals surface area contributed by atoms with Crippen LogP contribution in [0.25, 0.3) is 11.3 Å². The van der Waals surface area contributed by atoms with Crippen molar-refractivity contribution >= 4 is 16.5 Å². The van der Waals surface area contributed by atoms with Gasteiger partial charge in [-0.1, -0.05) is 18.2 Å². The van der Waals surface area contributed by atoms with Crippen LogP contribution in [-0.4, -0.2) is 11.5 Å². The van der Waals surface area contributed by atoms with E-state index in [0.29, 0.717) is 0 Å². The predicted octanol–water partition coefficient (Wildman–Crippen LogP) is 3.90. The zero-order valence-corrected chi connectivity index (χ0v) is 11.1. The quantitative estimate of drug-likeness (QED) is 0.839. The van der Waals surface area contributed by atoms with Crippen LogP contribution >= 0.6 is 11.3 Å². The van der Waals surface area contributed by atoms with E-state index in [1.165, 1.54) is 36.0 Å². The van der Waals surface area contributed by atoms with E-state index >= 15 is 0 Å². The van der Waals surface area contributed by atoms with Crippen molar-refractivity contribution in [1.29, 1.82) is 0 Å². The van der Waals surface area contributed by atoms with Crippen molar-refractivity contribution in [2.24, 2.45) is 0 Å². The Balaban J connectivity index is 1.85. The highest BCUT2D eigenvalue weighted by Gasteiger charge is 2.12. The first-order chi connectivity index (χ1) is 8.86. The highest BCUT2D eigenvalue weighted by Crippen LogP contribution is 2.29. The zero-order valence-electron chi connectivity index (χ0n) is 10.3. The Morgan fingerprint density at radius 1 is 1.33 bits per heavy atom. The highest BCUT2D eigenvalue weighted by atomic mass is 32.1. The maximum absolute atomic E-state index is 4.60. The first-order valence-corrected chi connectivity index (χ1v) is 7.17.